The molecule has 1 unspecified atom stereocenters. The third kappa shape index (κ3) is 2.68. The smallest absolute Gasteiger partial charge is 0.257 e. The van der Waals surface area contributed by atoms with E-state index >= 15 is 0 Å². The molecule has 0 bridgehead atoms. The number of carbonyl (C=O) groups excluding carboxylic acids is 1. The molecule has 1 N–H and O–H groups in total. The number of H-pyrrole nitrogens is 1. The largest absolute Gasteiger partial charge is 0.472 e. The van der Waals surface area contributed by atoms with Gasteiger partial charge < -0.3 is 9.32 Å². The molecule has 0 radical (unpaired) electrons. The van der Waals surface area contributed by atoms with Crippen LogP contribution in [0.3, 0.4) is 0 Å². The molecule has 4 heterocycles. The Balaban J connectivity index is 1.56. The molecule has 1 fully saturated rings. The number of aromatic amines is 1. The Morgan fingerprint density at radius 3 is 3.12 bits per heavy atom. The van der Waals surface area contributed by atoms with Crippen molar-refractivity contribution in [1.82, 2.24) is 25.1 Å². The first-order valence-electron chi connectivity index (χ1n) is 7.94. The molecule has 1 aliphatic rings. The van der Waals surface area contributed by atoms with Crippen molar-refractivity contribution >= 4 is 5.91 Å². The number of rotatable bonds is 3. The number of furan rings is 1. The van der Waals surface area contributed by atoms with Crippen LogP contribution in [0.5, 0.6) is 0 Å². The van der Waals surface area contributed by atoms with Crippen LogP contribution in [0.15, 0.2) is 47.8 Å². The SMILES string of the molecule is O=C(c1cn[nH]c1-c1ccoc1)N1CCCC(c2ccncn2)C1. The Bertz CT molecular complexity index is 813. The van der Waals surface area contributed by atoms with E-state index in [4.69, 9.17) is 4.42 Å². The second-order valence-electron chi connectivity index (χ2n) is 5.90. The topological polar surface area (TPSA) is 87.9 Å². The normalized spacial score (nSPS) is 17.8. The minimum atomic E-state index is -0.0151. The van der Waals surface area contributed by atoms with Gasteiger partial charge in [0.15, 0.2) is 0 Å². The van der Waals surface area contributed by atoms with E-state index in [2.05, 4.69) is 20.2 Å². The van der Waals surface area contributed by atoms with E-state index in [-0.39, 0.29) is 11.8 Å². The van der Waals surface area contributed by atoms with E-state index in [0.717, 1.165) is 30.6 Å². The van der Waals surface area contributed by atoms with E-state index in [0.29, 0.717) is 17.8 Å². The fourth-order valence-corrected chi connectivity index (χ4v) is 3.19. The third-order valence-electron chi connectivity index (χ3n) is 4.41. The van der Waals surface area contributed by atoms with E-state index in [1.54, 1.807) is 31.2 Å². The van der Waals surface area contributed by atoms with Gasteiger partial charge in [0.05, 0.1) is 30.0 Å². The van der Waals surface area contributed by atoms with Crippen LogP contribution in [0, 0.1) is 0 Å². The van der Waals surface area contributed by atoms with Crippen molar-refractivity contribution in [1.29, 1.82) is 0 Å². The Labute approximate surface area is 138 Å². The zero-order valence-corrected chi connectivity index (χ0v) is 13.1. The summed E-state index contributed by atoms with van der Waals surface area (Å²) in [6.07, 6.45) is 10.1. The van der Waals surface area contributed by atoms with Gasteiger partial charge in [-0.3, -0.25) is 9.89 Å². The molecule has 7 nitrogen and oxygen atoms in total. The van der Waals surface area contributed by atoms with Gasteiger partial charge in [-0.2, -0.15) is 5.10 Å². The summed E-state index contributed by atoms with van der Waals surface area (Å²) in [5, 5.41) is 6.93. The summed E-state index contributed by atoms with van der Waals surface area (Å²) in [4.78, 5) is 23.1. The average Bonchev–Trinajstić information content (AvgIpc) is 3.33. The third-order valence-corrected chi connectivity index (χ3v) is 4.41. The van der Waals surface area contributed by atoms with Gasteiger partial charge in [0.2, 0.25) is 0 Å². The van der Waals surface area contributed by atoms with Gasteiger partial charge in [0, 0.05) is 36.5 Å². The van der Waals surface area contributed by atoms with Crippen molar-refractivity contribution in [3.05, 3.63) is 54.6 Å². The van der Waals surface area contributed by atoms with Gasteiger partial charge in [-0.05, 0) is 25.0 Å². The van der Waals surface area contributed by atoms with E-state index in [1.165, 1.54) is 0 Å². The van der Waals surface area contributed by atoms with Crippen LogP contribution in [0.1, 0.15) is 34.8 Å². The van der Waals surface area contributed by atoms with Gasteiger partial charge in [-0.15, -0.1) is 0 Å². The second kappa shape index (κ2) is 6.27. The lowest BCUT2D eigenvalue weighted by Crippen LogP contribution is -2.39. The quantitative estimate of drug-likeness (QED) is 0.800. The molecule has 7 heteroatoms. The fraction of sp³-hybridized carbons (Fsp3) is 0.294. The van der Waals surface area contributed by atoms with E-state index < -0.39 is 0 Å². The number of nitrogens with one attached hydrogen (secondary N) is 1. The first-order valence-corrected chi connectivity index (χ1v) is 7.94. The van der Waals surface area contributed by atoms with Crippen molar-refractivity contribution < 1.29 is 9.21 Å². The number of nitrogens with zero attached hydrogens (tertiary/aromatic N) is 4. The molecule has 4 rings (SSSR count). The van der Waals surface area contributed by atoms with Crippen LogP contribution in [0.2, 0.25) is 0 Å². The maximum Gasteiger partial charge on any atom is 0.257 e. The molecule has 1 atom stereocenters. The first kappa shape index (κ1) is 14.6. The highest BCUT2D eigenvalue weighted by Gasteiger charge is 2.28. The molecule has 1 amide bonds. The minimum absolute atomic E-state index is 0.0151. The van der Waals surface area contributed by atoms with Gasteiger partial charge in [0.1, 0.15) is 6.33 Å². The first-order chi connectivity index (χ1) is 11.8. The number of hydrogen-bond acceptors (Lipinski definition) is 5. The summed E-state index contributed by atoms with van der Waals surface area (Å²) in [6, 6.07) is 3.73. The molecule has 122 valence electrons. The standard InChI is InChI=1S/C17H17N5O2/c23-17(14-8-20-21-16(14)13-4-7-24-10-13)22-6-1-2-12(9-22)15-3-5-18-11-19-15/h3-5,7-8,10-12H,1-2,6,9H2,(H,20,21). The molecule has 0 spiro atoms. The van der Waals surface area contributed by atoms with Crippen LogP contribution < -0.4 is 0 Å². The summed E-state index contributed by atoms with van der Waals surface area (Å²) in [6.45, 7) is 1.41. The Kier molecular flexibility index (Phi) is 3.82. The lowest BCUT2D eigenvalue weighted by Gasteiger charge is -2.32. The maximum absolute atomic E-state index is 13.0. The highest BCUT2D eigenvalue weighted by atomic mass is 16.3. The van der Waals surface area contributed by atoms with Crippen LogP contribution in [-0.4, -0.2) is 44.1 Å². The summed E-state index contributed by atoms with van der Waals surface area (Å²) in [5.41, 5.74) is 3.07. The summed E-state index contributed by atoms with van der Waals surface area (Å²) >= 11 is 0. The second-order valence-corrected chi connectivity index (χ2v) is 5.90. The molecule has 1 saturated heterocycles. The predicted molar refractivity (Wildman–Crippen MR) is 86.2 cm³/mol. The Morgan fingerprint density at radius 2 is 2.33 bits per heavy atom. The predicted octanol–water partition coefficient (Wildman–Crippen LogP) is 2.48. The maximum atomic E-state index is 13.0. The highest BCUT2D eigenvalue weighted by Crippen LogP contribution is 2.28. The monoisotopic (exact) mass is 323 g/mol. The number of amides is 1. The average molecular weight is 323 g/mol. The number of likely N-dealkylation sites (tertiary alicyclic amines) is 1. The van der Waals surface area contributed by atoms with E-state index in [9.17, 15) is 4.79 Å². The van der Waals surface area contributed by atoms with Crippen LogP contribution in [-0.2, 0) is 0 Å². The molecule has 1 aliphatic heterocycles. The van der Waals surface area contributed by atoms with Crippen molar-refractivity contribution in [2.24, 2.45) is 0 Å². The highest BCUT2D eigenvalue weighted by molar-refractivity contribution is 5.99. The number of carbonyl (C=O) groups is 1. The van der Waals surface area contributed by atoms with Gasteiger partial charge in [-0.1, -0.05) is 0 Å². The zero-order valence-electron chi connectivity index (χ0n) is 13.1. The van der Waals surface area contributed by atoms with Gasteiger partial charge in [-0.25, -0.2) is 9.97 Å². The number of piperidine rings is 1. The van der Waals surface area contributed by atoms with Crippen LogP contribution in [0.25, 0.3) is 11.3 Å². The van der Waals surface area contributed by atoms with Gasteiger partial charge >= 0.3 is 0 Å². The van der Waals surface area contributed by atoms with E-state index in [1.807, 2.05) is 17.0 Å². The summed E-state index contributed by atoms with van der Waals surface area (Å²) in [7, 11) is 0. The molecule has 0 aliphatic carbocycles. The molecule has 3 aromatic heterocycles. The van der Waals surface area contributed by atoms with Crippen molar-refractivity contribution in [3.63, 3.8) is 0 Å². The van der Waals surface area contributed by atoms with Crippen molar-refractivity contribution in [3.8, 4) is 11.3 Å². The summed E-state index contributed by atoms with van der Waals surface area (Å²) < 4.78 is 5.11. The Hall–Kier alpha value is -2.96. The molecule has 0 saturated carbocycles. The lowest BCUT2D eigenvalue weighted by atomic mass is 9.94. The fourth-order valence-electron chi connectivity index (χ4n) is 3.19. The van der Waals surface area contributed by atoms with Crippen molar-refractivity contribution in [2.45, 2.75) is 18.8 Å². The minimum Gasteiger partial charge on any atom is -0.472 e. The molecule has 0 aromatic carbocycles. The molecule has 3 aromatic rings. The van der Waals surface area contributed by atoms with Gasteiger partial charge in [0.25, 0.3) is 5.91 Å². The van der Waals surface area contributed by atoms with Crippen LogP contribution in [0.4, 0.5) is 0 Å². The van der Waals surface area contributed by atoms with Crippen molar-refractivity contribution in [2.75, 3.05) is 13.1 Å². The zero-order chi connectivity index (χ0) is 16.4. The molecular weight excluding hydrogens is 306 g/mol. The number of hydrogen-bond donors (Lipinski definition) is 1. The molecule has 24 heavy (non-hydrogen) atoms. The lowest BCUT2D eigenvalue weighted by molar-refractivity contribution is 0.0706. The number of aromatic nitrogens is 4. The van der Waals surface area contributed by atoms with Crippen LogP contribution >= 0.6 is 0 Å². The molecular formula is C17H17N5O2. The Morgan fingerprint density at radius 1 is 1.38 bits per heavy atom. The summed E-state index contributed by atoms with van der Waals surface area (Å²) in [5.74, 6) is 0.230.